The first-order valence-corrected chi connectivity index (χ1v) is 15.6. The maximum atomic E-state index is 3.98. The predicted molar refractivity (Wildman–Crippen MR) is 148 cm³/mol. The molecular weight excluding hydrogens is 543 g/mol. The van der Waals surface area contributed by atoms with E-state index in [4.69, 9.17) is 0 Å². The van der Waals surface area contributed by atoms with Crippen LogP contribution < -0.4 is 24.8 Å². The van der Waals surface area contributed by atoms with Gasteiger partial charge in [0.25, 0.3) is 0 Å². The van der Waals surface area contributed by atoms with Crippen LogP contribution in [0.5, 0.6) is 0 Å². The van der Waals surface area contributed by atoms with Gasteiger partial charge in [-0.15, -0.1) is 6.58 Å². The van der Waals surface area contributed by atoms with Crippen LogP contribution in [0.4, 0.5) is 0 Å². The molecule has 0 aliphatic heterocycles. The van der Waals surface area contributed by atoms with Crippen molar-refractivity contribution in [3.63, 3.8) is 0 Å². The Kier molecular flexibility index (Phi) is 9.89. The second-order valence-corrected chi connectivity index (χ2v) is 14.9. The first-order valence-electron chi connectivity index (χ1n) is 12.7. The molecule has 0 N–H and O–H groups in total. The van der Waals surface area contributed by atoms with E-state index in [-0.39, 0.29) is 46.5 Å². The van der Waals surface area contributed by atoms with Crippen molar-refractivity contribution in [2.45, 2.75) is 42.9 Å². The molecule has 0 aromatic heterocycles. The van der Waals surface area contributed by atoms with Crippen molar-refractivity contribution in [1.29, 1.82) is 0 Å². The van der Waals surface area contributed by atoms with Gasteiger partial charge in [-0.1, -0.05) is 129 Å². The molecule has 37 heavy (non-hydrogen) atoms. The van der Waals surface area contributed by atoms with Gasteiger partial charge < -0.3 is 24.8 Å². The fourth-order valence-corrected chi connectivity index (χ4v) is 12.8. The quantitative estimate of drug-likeness (QED) is 0.181. The summed E-state index contributed by atoms with van der Waals surface area (Å²) in [6.07, 6.45) is 5.70. The molecule has 4 aromatic carbocycles. The van der Waals surface area contributed by atoms with Crippen molar-refractivity contribution < 1.29 is 46.5 Å². The zero-order valence-corrected chi connectivity index (χ0v) is 25.3. The van der Waals surface area contributed by atoms with Gasteiger partial charge in [-0.05, 0) is 50.9 Å². The molecule has 0 heterocycles. The normalized spacial score (nSPS) is 13.2. The van der Waals surface area contributed by atoms with Gasteiger partial charge >= 0.3 is 21.7 Å². The number of hydrogen-bond acceptors (Lipinski definition) is 0. The molecule has 2 aliphatic rings. The van der Waals surface area contributed by atoms with Crippen LogP contribution in [0.2, 0.25) is 12.6 Å². The third-order valence-electron chi connectivity index (χ3n) is 8.36. The molecule has 0 saturated heterocycles. The van der Waals surface area contributed by atoms with Gasteiger partial charge in [0, 0.05) is 11.1 Å². The molecule has 0 bridgehead atoms. The molecular formula is C33H32Cl2SiTi. The predicted octanol–water partition coefficient (Wildman–Crippen LogP) is 3.13. The molecule has 0 radical (unpaired) electrons. The van der Waals surface area contributed by atoms with E-state index in [0.29, 0.717) is 11.1 Å². The zero-order chi connectivity index (χ0) is 23.1. The summed E-state index contributed by atoms with van der Waals surface area (Å²) < 4.78 is 0. The van der Waals surface area contributed by atoms with Crippen LogP contribution in [0.1, 0.15) is 52.6 Å². The van der Waals surface area contributed by atoms with Crippen molar-refractivity contribution >= 4 is 8.07 Å². The van der Waals surface area contributed by atoms with E-state index in [1.165, 1.54) is 41.1 Å². The SMILES string of the molecule is C=CCCCC[Si](C)(C1c2ccccc2-c2ccccc21)C1c2ccccc2-c2ccccc21.[Cl-].[Cl-].[Ti+2]. The molecule has 0 unspecified atom stereocenters. The largest absolute Gasteiger partial charge is 2.00 e. The molecule has 0 atom stereocenters. The van der Waals surface area contributed by atoms with E-state index >= 15 is 0 Å². The maximum absolute atomic E-state index is 3.98. The van der Waals surface area contributed by atoms with E-state index < -0.39 is 8.07 Å². The van der Waals surface area contributed by atoms with Gasteiger partial charge in [-0.2, -0.15) is 0 Å². The van der Waals surface area contributed by atoms with Crippen LogP contribution in [0.25, 0.3) is 22.3 Å². The molecule has 0 amide bonds. The van der Waals surface area contributed by atoms with Crippen molar-refractivity contribution in [1.82, 2.24) is 0 Å². The second-order valence-electron chi connectivity index (χ2n) is 10.3. The monoisotopic (exact) mass is 574 g/mol. The maximum Gasteiger partial charge on any atom is 2.00 e. The first kappa shape index (κ1) is 29.7. The summed E-state index contributed by atoms with van der Waals surface area (Å²) in [6, 6.07) is 38.2. The average Bonchev–Trinajstić information content (AvgIpc) is 3.41. The summed E-state index contributed by atoms with van der Waals surface area (Å²) in [5, 5.41) is 0. The standard InChI is InChI=1S/C33H32Si.2ClH.Ti/c1-3-4-5-14-23-34(2,32-28-19-10-6-15-24(28)25-16-7-11-20-29(25)32)33-30-21-12-8-17-26(30)27-18-9-13-22-31(27)33;;;/h3,6-13,15-22,32-33H,1,4-5,14,23H2,2H3;2*1H;/q;;;+2/p-2. The van der Waals surface area contributed by atoms with Crippen LogP contribution in [0.15, 0.2) is 110 Å². The molecule has 186 valence electrons. The number of allylic oxidation sites excluding steroid dienone is 1. The van der Waals surface area contributed by atoms with E-state index in [1.54, 1.807) is 22.3 Å². The Bertz CT molecular complexity index is 1200. The van der Waals surface area contributed by atoms with Crippen molar-refractivity contribution in [2.75, 3.05) is 0 Å². The summed E-state index contributed by atoms with van der Waals surface area (Å²) in [6.45, 7) is 6.70. The van der Waals surface area contributed by atoms with Gasteiger partial charge in [0.05, 0.1) is 8.07 Å². The first-order chi connectivity index (χ1) is 16.7. The van der Waals surface area contributed by atoms with Crippen LogP contribution >= 0.6 is 0 Å². The van der Waals surface area contributed by atoms with Crippen molar-refractivity contribution in [2.24, 2.45) is 0 Å². The molecule has 4 aromatic rings. The minimum Gasteiger partial charge on any atom is -1.00 e. The Morgan fingerprint density at radius 3 is 1.24 bits per heavy atom. The minimum absolute atomic E-state index is 0. The number of hydrogen-bond donors (Lipinski definition) is 0. The summed E-state index contributed by atoms with van der Waals surface area (Å²) in [5.41, 5.74) is 13.1. The third kappa shape index (κ3) is 4.86. The van der Waals surface area contributed by atoms with Crippen molar-refractivity contribution in [3.8, 4) is 22.3 Å². The number of rotatable bonds is 7. The van der Waals surface area contributed by atoms with E-state index in [9.17, 15) is 0 Å². The minimum atomic E-state index is -1.97. The number of fused-ring (bicyclic) bond motifs is 6. The summed E-state index contributed by atoms with van der Waals surface area (Å²) in [4.78, 5) is 0. The number of unbranched alkanes of at least 4 members (excludes halogenated alkanes) is 2. The summed E-state index contributed by atoms with van der Waals surface area (Å²) in [7, 11) is -1.97. The zero-order valence-electron chi connectivity index (χ0n) is 21.3. The molecule has 0 saturated carbocycles. The smallest absolute Gasteiger partial charge is 1.00 e. The molecule has 0 fully saturated rings. The number of benzene rings is 4. The molecule has 4 heteroatoms. The Balaban J connectivity index is 0.00000127. The van der Waals surface area contributed by atoms with Crippen LogP contribution in [0.3, 0.4) is 0 Å². The van der Waals surface area contributed by atoms with Gasteiger partial charge in [-0.3, -0.25) is 0 Å². The Morgan fingerprint density at radius 1 is 0.595 bits per heavy atom. The van der Waals surface area contributed by atoms with E-state index in [2.05, 4.69) is 116 Å². The van der Waals surface area contributed by atoms with Crippen LogP contribution in [0, 0.1) is 0 Å². The van der Waals surface area contributed by atoms with E-state index in [1.807, 2.05) is 0 Å². The topological polar surface area (TPSA) is 0 Å². The second kappa shape index (κ2) is 12.3. The molecule has 0 nitrogen and oxygen atoms in total. The fourth-order valence-electron chi connectivity index (χ4n) is 6.98. The molecule has 2 aliphatic carbocycles. The summed E-state index contributed by atoms with van der Waals surface area (Å²) >= 11 is 0. The van der Waals surface area contributed by atoms with Gasteiger partial charge in [0.1, 0.15) is 0 Å². The van der Waals surface area contributed by atoms with Crippen LogP contribution in [-0.2, 0) is 21.7 Å². The molecule has 6 rings (SSSR count). The third-order valence-corrected chi connectivity index (χ3v) is 13.7. The van der Waals surface area contributed by atoms with Crippen molar-refractivity contribution in [3.05, 3.63) is 132 Å². The Hall–Kier alpha value is -1.87. The van der Waals surface area contributed by atoms with E-state index in [0.717, 1.165) is 6.42 Å². The summed E-state index contributed by atoms with van der Waals surface area (Å²) in [5.74, 6) is 0. The fraction of sp³-hybridized carbons (Fsp3) is 0.212. The van der Waals surface area contributed by atoms with Gasteiger partial charge in [-0.25, -0.2) is 0 Å². The Labute approximate surface area is 250 Å². The van der Waals surface area contributed by atoms with Gasteiger partial charge in [0.15, 0.2) is 0 Å². The Morgan fingerprint density at radius 2 is 0.919 bits per heavy atom. The van der Waals surface area contributed by atoms with Crippen LogP contribution in [-0.4, -0.2) is 8.07 Å². The number of halogens is 2. The molecule has 0 spiro atoms. The average molecular weight is 575 g/mol. The van der Waals surface area contributed by atoms with Gasteiger partial charge in [0.2, 0.25) is 0 Å².